The van der Waals surface area contributed by atoms with E-state index in [2.05, 4.69) is 15.9 Å². The summed E-state index contributed by atoms with van der Waals surface area (Å²) in [5, 5.41) is 0.326. The fraction of sp³-hybridized carbons (Fsp3) is 0.154. The quantitative estimate of drug-likeness (QED) is 0.558. The molecule has 1 heterocycles. The second-order valence-corrected chi connectivity index (χ2v) is 6.12. The first kappa shape index (κ1) is 13.7. The molecule has 0 N–H and O–H groups in total. The van der Waals surface area contributed by atoms with Crippen LogP contribution in [0.5, 0.6) is 0 Å². The zero-order valence-electron chi connectivity index (χ0n) is 9.47. The minimum Gasteiger partial charge on any atom is -0.288 e. The van der Waals surface area contributed by atoms with Crippen molar-refractivity contribution < 1.29 is 9.18 Å². The molecule has 0 saturated carbocycles. The van der Waals surface area contributed by atoms with Crippen LogP contribution in [-0.4, -0.2) is 5.78 Å². The topological polar surface area (TPSA) is 17.1 Å². The molecule has 94 valence electrons. The zero-order valence-corrected chi connectivity index (χ0v) is 12.6. The van der Waals surface area contributed by atoms with Gasteiger partial charge < -0.3 is 0 Å². The Kier molecular flexibility index (Phi) is 4.20. The molecule has 1 nitrogen and oxygen atoms in total. The van der Waals surface area contributed by atoms with E-state index in [0.29, 0.717) is 14.4 Å². The lowest BCUT2D eigenvalue weighted by molar-refractivity contribution is 0.103. The van der Waals surface area contributed by atoms with Gasteiger partial charge in [0.2, 0.25) is 5.78 Å². The minimum absolute atomic E-state index is 0.00713. The molecule has 2 aromatic rings. The van der Waals surface area contributed by atoms with Crippen LogP contribution in [0.1, 0.15) is 27.0 Å². The molecule has 0 fully saturated rings. The van der Waals surface area contributed by atoms with E-state index in [9.17, 15) is 9.18 Å². The minimum atomic E-state index is -0.567. The molecule has 0 aliphatic rings. The second-order valence-electron chi connectivity index (χ2n) is 3.69. The van der Waals surface area contributed by atoms with Crippen molar-refractivity contribution in [2.24, 2.45) is 0 Å². The first-order valence-corrected chi connectivity index (χ1v) is 7.29. The summed E-state index contributed by atoms with van der Waals surface area (Å²) >= 11 is 10.4. The number of rotatable bonds is 3. The largest absolute Gasteiger partial charge is 0.288 e. The monoisotopic (exact) mass is 346 g/mol. The Balaban J connectivity index is 2.42. The Morgan fingerprint density at radius 1 is 1.44 bits per heavy atom. The van der Waals surface area contributed by atoms with Crippen molar-refractivity contribution in [2.45, 2.75) is 13.3 Å². The van der Waals surface area contributed by atoms with E-state index in [0.717, 1.165) is 11.3 Å². The van der Waals surface area contributed by atoms with Crippen molar-refractivity contribution in [3.63, 3.8) is 0 Å². The van der Waals surface area contributed by atoms with Crippen LogP contribution in [0.2, 0.25) is 5.02 Å². The second kappa shape index (κ2) is 5.51. The van der Waals surface area contributed by atoms with Gasteiger partial charge in [0.15, 0.2) is 0 Å². The lowest BCUT2D eigenvalue weighted by atomic mass is 10.1. The molecule has 1 aromatic heterocycles. The molecule has 0 spiro atoms. The van der Waals surface area contributed by atoms with Crippen LogP contribution in [0.4, 0.5) is 4.39 Å². The highest BCUT2D eigenvalue weighted by molar-refractivity contribution is 9.10. The first-order valence-electron chi connectivity index (χ1n) is 5.31. The van der Waals surface area contributed by atoms with Crippen LogP contribution in [0.25, 0.3) is 0 Å². The lowest BCUT2D eigenvalue weighted by Gasteiger charge is -2.03. The fourth-order valence-corrected chi connectivity index (χ4v) is 2.90. The van der Waals surface area contributed by atoms with Crippen molar-refractivity contribution in [3.8, 4) is 0 Å². The average molecular weight is 348 g/mol. The summed E-state index contributed by atoms with van der Waals surface area (Å²) in [5.41, 5.74) is 0.00713. The number of hydrogen-bond donors (Lipinski definition) is 0. The van der Waals surface area contributed by atoms with E-state index in [4.69, 9.17) is 11.6 Å². The Morgan fingerprint density at radius 2 is 2.17 bits per heavy atom. The Morgan fingerprint density at radius 3 is 2.78 bits per heavy atom. The van der Waals surface area contributed by atoms with E-state index in [1.165, 1.54) is 23.5 Å². The van der Waals surface area contributed by atoms with Crippen LogP contribution in [0.3, 0.4) is 0 Å². The first-order chi connectivity index (χ1) is 8.52. The van der Waals surface area contributed by atoms with Crippen molar-refractivity contribution in [1.29, 1.82) is 0 Å². The number of benzene rings is 1. The van der Waals surface area contributed by atoms with Gasteiger partial charge in [0.25, 0.3) is 0 Å². The summed E-state index contributed by atoms with van der Waals surface area (Å²) in [6, 6.07) is 6.18. The van der Waals surface area contributed by atoms with Gasteiger partial charge in [0.05, 0.1) is 15.5 Å². The normalized spacial score (nSPS) is 10.7. The summed E-state index contributed by atoms with van der Waals surface area (Å²) in [5.74, 6) is -0.894. The Labute approximate surface area is 122 Å². The molecule has 1 aromatic carbocycles. The molecule has 5 heteroatoms. The van der Waals surface area contributed by atoms with Crippen LogP contribution in [-0.2, 0) is 6.42 Å². The molecule has 0 aliphatic carbocycles. The Hall–Kier alpha value is -0.710. The van der Waals surface area contributed by atoms with Gasteiger partial charge in [-0.25, -0.2) is 4.39 Å². The van der Waals surface area contributed by atoms with Crippen molar-refractivity contribution in [1.82, 2.24) is 0 Å². The molecular formula is C13H9BrClFOS. The number of carbonyl (C=O) groups is 1. The summed E-state index contributed by atoms with van der Waals surface area (Å²) < 4.78 is 14.2. The highest BCUT2D eigenvalue weighted by Gasteiger charge is 2.17. The number of ketones is 1. The molecule has 18 heavy (non-hydrogen) atoms. The van der Waals surface area contributed by atoms with Gasteiger partial charge >= 0.3 is 0 Å². The Bertz CT molecular complexity index is 609. The molecule has 0 amide bonds. The molecular weight excluding hydrogens is 339 g/mol. The maximum atomic E-state index is 13.8. The smallest absolute Gasteiger partial charge is 0.205 e. The number of halogens is 3. The van der Waals surface area contributed by atoms with Gasteiger partial charge in [-0.05, 0) is 46.6 Å². The summed E-state index contributed by atoms with van der Waals surface area (Å²) in [6.07, 6.45) is 0.863. The van der Waals surface area contributed by atoms with Crippen LogP contribution >= 0.6 is 38.9 Å². The van der Waals surface area contributed by atoms with Crippen LogP contribution in [0, 0.1) is 5.82 Å². The van der Waals surface area contributed by atoms with Gasteiger partial charge in [-0.15, -0.1) is 11.3 Å². The maximum Gasteiger partial charge on any atom is 0.205 e. The highest BCUT2D eigenvalue weighted by atomic mass is 79.9. The van der Waals surface area contributed by atoms with E-state index < -0.39 is 5.82 Å². The third-order valence-electron chi connectivity index (χ3n) is 2.49. The van der Waals surface area contributed by atoms with Gasteiger partial charge in [-0.3, -0.25) is 4.79 Å². The third kappa shape index (κ3) is 2.66. The number of thiophene rings is 1. The summed E-state index contributed by atoms with van der Waals surface area (Å²) in [6.45, 7) is 2.01. The summed E-state index contributed by atoms with van der Waals surface area (Å²) in [7, 11) is 0. The molecule has 0 saturated heterocycles. The average Bonchev–Trinajstić information content (AvgIpc) is 2.81. The number of aryl methyl sites for hydroxylation is 1. The van der Waals surface area contributed by atoms with Gasteiger partial charge in [-0.1, -0.05) is 18.5 Å². The standard InChI is InChI=1S/C13H9BrClFOS/c1-2-7-3-4-12(18-7)13(17)8-5-10(15)9(14)6-11(8)16/h3-6H,2H2,1H3. The fourth-order valence-electron chi connectivity index (χ4n) is 1.52. The third-order valence-corrected chi connectivity index (χ3v) is 4.91. The van der Waals surface area contributed by atoms with Crippen molar-refractivity contribution >= 4 is 44.7 Å². The number of hydrogen-bond acceptors (Lipinski definition) is 2. The molecule has 0 atom stereocenters. The number of carbonyl (C=O) groups excluding carboxylic acids is 1. The molecule has 0 bridgehead atoms. The van der Waals surface area contributed by atoms with Crippen LogP contribution < -0.4 is 0 Å². The molecule has 0 aliphatic heterocycles. The van der Waals surface area contributed by atoms with Crippen LogP contribution in [0.15, 0.2) is 28.7 Å². The van der Waals surface area contributed by atoms with E-state index in [1.807, 2.05) is 13.0 Å². The van der Waals surface area contributed by atoms with Gasteiger partial charge in [0, 0.05) is 9.35 Å². The van der Waals surface area contributed by atoms with Crippen molar-refractivity contribution in [2.75, 3.05) is 0 Å². The van der Waals surface area contributed by atoms with Gasteiger partial charge in [0.1, 0.15) is 5.82 Å². The molecule has 2 rings (SSSR count). The maximum absolute atomic E-state index is 13.8. The molecule has 0 unspecified atom stereocenters. The zero-order chi connectivity index (χ0) is 13.3. The lowest BCUT2D eigenvalue weighted by Crippen LogP contribution is -2.02. The molecule has 0 radical (unpaired) electrons. The van der Waals surface area contributed by atoms with Crippen molar-refractivity contribution in [3.05, 3.63) is 54.9 Å². The van der Waals surface area contributed by atoms with E-state index in [-0.39, 0.29) is 11.3 Å². The highest BCUT2D eigenvalue weighted by Crippen LogP contribution is 2.28. The van der Waals surface area contributed by atoms with Gasteiger partial charge in [-0.2, -0.15) is 0 Å². The van der Waals surface area contributed by atoms with E-state index >= 15 is 0 Å². The predicted octanol–water partition coefficient (Wildman–Crippen LogP) is 5.10. The van der Waals surface area contributed by atoms with E-state index in [1.54, 1.807) is 6.07 Å². The SMILES string of the molecule is CCc1ccc(C(=O)c2cc(Cl)c(Br)cc2F)s1. The predicted molar refractivity (Wildman–Crippen MR) is 76.2 cm³/mol. The summed E-state index contributed by atoms with van der Waals surface area (Å²) in [4.78, 5) is 13.8.